The molecule has 4 heteroatoms. The number of fused-ring (bicyclic) bond motifs is 1. The van der Waals surface area contributed by atoms with Gasteiger partial charge in [0.05, 0.1) is 11.4 Å². The number of carbonyl (C=O) groups is 1. The van der Waals surface area contributed by atoms with Crippen LogP contribution in [0.5, 0.6) is 0 Å². The number of benzene rings is 1. The van der Waals surface area contributed by atoms with Crippen LogP contribution in [0.4, 0.5) is 0 Å². The molecule has 4 nitrogen and oxygen atoms in total. The van der Waals surface area contributed by atoms with Crippen molar-refractivity contribution >= 4 is 17.7 Å². The summed E-state index contributed by atoms with van der Waals surface area (Å²) in [4.78, 5) is 15.6. The summed E-state index contributed by atoms with van der Waals surface area (Å²) in [5.41, 5.74) is 6.03. The van der Waals surface area contributed by atoms with Crippen molar-refractivity contribution in [2.24, 2.45) is 0 Å². The molecule has 1 aromatic carbocycles. The topological polar surface area (TPSA) is 54.6 Å². The molecule has 122 valence electrons. The van der Waals surface area contributed by atoms with Crippen molar-refractivity contribution in [1.82, 2.24) is 9.38 Å². The largest absolute Gasteiger partial charge is 0.478 e. The Kier molecular flexibility index (Phi) is 4.47. The Hall–Kier alpha value is -2.88. The van der Waals surface area contributed by atoms with E-state index in [0.29, 0.717) is 6.42 Å². The zero-order valence-electron chi connectivity index (χ0n) is 13.9. The Bertz CT molecular complexity index is 905. The zero-order chi connectivity index (χ0) is 17.1. The van der Waals surface area contributed by atoms with Gasteiger partial charge in [-0.1, -0.05) is 37.3 Å². The Labute approximate surface area is 141 Å². The molecule has 0 radical (unpaired) electrons. The van der Waals surface area contributed by atoms with E-state index in [1.54, 1.807) is 6.08 Å². The minimum absolute atomic E-state index is 0.671. The van der Waals surface area contributed by atoms with E-state index < -0.39 is 5.97 Å². The van der Waals surface area contributed by atoms with Crippen molar-refractivity contribution in [1.29, 1.82) is 0 Å². The van der Waals surface area contributed by atoms with E-state index in [-0.39, 0.29) is 0 Å². The van der Waals surface area contributed by atoms with Gasteiger partial charge in [0.15, 0.2) is 0 Å². The van der Waals surface area contributed by atoms with Gasteiger partial charge in [-0.15, -0.1) is 0 Å². The predicted molar refractivity (Wildman–Crippen MR) is 95.2 cm³/mol. The van der Waals surface area contributed by atoms with Gasteiger partial charge >= 0.3 is 5.97 Å². The van der Waals surface area contributed by atoms with E-state index in [9.17, 15) is 4.79 Å². The standard InChI is InChI=1S/C20H20N2O2/c1-3-15-7-9-16(10-8-15)13-17-18(11-12-20(23)24)22-14(2)5-4-6-19(22)21-17/h4-12H,3,13H2,1-2H3,(H,23,24)/b12-11+. The molecule has 3 aromatic rings. The van der Waals surface area contributed by atoms with E-state index >= 15 is 0 Å². The predicted octanol–water partition coefficient (Wildman–Crippen LogP) is 3.89. The summed E-state index contributed by atoms with van der Waals surface area (Å²) < 4.78 is 2.00. The van der Waals surface area contributed by atoms with Gasteiger partial charge in [0.1, 0.15) is 5.65 Å². The normalized spacial score (nSPS) is 11.4. The lowest BCUT2D eigenvalue weighted by Gasteiger charge is -2.04. The number of carboxylic acids is 1. The summed E-state index contributed by atoms with van der Waals surface area (Å²) in [5.74, 6) is -0.961. The van der Waals surface area contributed by atoms with Crippen LogP contribution >= 0.6 is 0 Å². The Morgan fingerprint density at radius 3 is 2.54 bits per heavy atom. The number of aliphatic carboxylic acids is 1. The van der Waals surface area contributed by atoms with E-state index in [0.717, 1.165) is 29.1 Å². The second kappa shape index (κ2) is 6.71. The van der Waals surface area contributed by atoms with Crippen molar-refractivity contribution in [2.75, 3.05) is 0 Å². The first-order valence-electron chi connectivity index (χ1n) is 8.04. The average molecular weight is 320 g/mol. The molecule has 0 spiro atoms. The van der Waals surface area contributed by atoms with Gasteiger partial charge < -0.3 is 5.11 Å². The monoisotopic (exact) mass is 320 g/mol. The summed E-state index contributed by atoms with van der Waals surface area (Å²) in [5, 5.41) is 8.98. The van der Waals surface area contributed by atoms with Crippen LogP contribution in [-0.4, -0.2) is 20.5 Å². The van der Waals surface area contributed by atoms with Crippen LogP contribution < -0.4 is 0 Å². The summed E-state index contributed by atoms with van der Waals surface area (Å²) in [6.45, 7) is 4.13. The third-order valence-corrected chi connectivity index (χ3v) is 4.14. The first-order valence-corrected chi connectivity index (χ1v) is 8.04. The van der Waals surface area contributed by atoms with Gasteiger partial charge in [0.25, 0.3) is 0 Å². The second-order valence-electron chi connectivity index (χ2n) is 5.82. The summed E-state index contributed by atoms with van der Waals surface area (Å²) in [6.07, 6.45) is 4.48. The van der Waals surface area contributed by atoms with E-state index in [1.165, 1.54) is 17.2 Å². The first kappa shape index (κ1) is 16.0. The fourth-order valence-corrected chi connectivity index (χ4v) is 2.87. The number of carboxylic acid groups (broad SMARTS) is 1. The highest BCUT2D eigenvalue weighted by molar-refractivity contribution is 5.85. The third-order valence-electron chi connectivity index (χ3n) is 4.14. The van der Waals surface area contributed by atoms with Crippen molar-refractivity contribution in [2.45, 2.75) is 26.7 Å². The average Bonchev–Trinajstić information content (AvgIpc) is 2.92. The van der Waals surface area contributed by atoms with Gasteiger partial charge in [-0.25, -0.2) is 9.78 Å². The maximum absolute atomic E-state index is 10.9. The maximum Gasteiger partial charge on any atom is 0.328 e. The highest BCUT2D eigenvalue weighted by Gasteiger charge is 2.12. The lowest BCUT2D eigenvalue weighted by atomic mass is 10.0. The Morgan fingerprint density at radius 2 is 1.88 bits per heavy atom. The molecule has 0 amide bonds. The number of nitrogens with zero attached hydrogens (tertiary/aromatic N) is 2. The van der Waals surface area contributed by atoms with E-state index in [4.69, 9.17) is 10.1 Å². The molecule has 0 saturated carbocycles. The molecule has 0 saturated heterocycles. The smallest absolute Gasteiger partial charge is 0.328 e. The molecule has 3 rings (SSSR count). The molecule has 0 atom stereocenters. The molecular weight excluding hydrogens is 300 g/mol. The third kappa shape index (κ3) is 3.23. The number of imidazole rings is 1. The van der Waals surface area contributed by atoms with Gasteiger partial charge in [-0.2, -0.15) is 0 Å². The van der Waals surface area contributed by atoms with Crippen LogP contribution in [0.1, 0.15) is 35.1 Å². The van der Waals surface area contributed by atoms with Crippen molar-refractivity contribution in [3.05, 3.63) is 76.7 Å². The summed E-state index contributed by atoms with van der Waals surface area (Å²) in [7, 11) is 0. The fraction of sp³-hybridized carbons (Fsp3) is 0.200. The van der Waals surface area contributed by atoms with Crippen LogP contribution in [0, 0.1) is 6.92 Å². The molecule has 2 aromatic heterocycles. The number of aromatic nitrogens is 2. The highest BCUT2D eigenvalue weighted by atomic mass is 16.4. The van der Waals surface area contributed by atoms with Gasteiger partial charge in [0, 0.05) is 18.2 Å². The highest BCUT2D eigenvalue weighted by Crippen LogP contribution is 2.20. The van der Waals surface area contributed by atoms with E-state index in [1.807, 2.05) is 29.5 Å². The second-order valence-corrected chi connectivity index (χ2v) is 5.82. The molecule has 0 bridgehead atoms. The Balaban J connectivity index is 2.06. The maximum atomic E-state index is 10.9. The molecule has 0 aliphatic rings. The lowest BCUT2D eigenvalue weighted by molar-refractivity contribution is -0.131. The first-order chi connectivity index (χ1) is 11.6. The number of hydrogen-bond acceptors (Lipinski definition) is 2. The van der Waals surface area contributed by atoms with Crippen molar-refractivity contribution in [3.63, 3.8) is 0 Å². The summed E-state index contributed by atoms with van der Waals surface area (Å²) in [6, 6.07) is 14.4. The molecule has 0 aliphatic carbocycles. The lowest BCUT2D eigenvalue weighted by Crippen LogP contribution is -1.97. The fourth-order valence-electron chi connectivity index (χ4n) is 2.87. The van der Waals surface area contributed by atoms with Crippen LogP contribution in [0.2, 0.25) is 0 Å². The van der Waals surface area contributed by atoms with Crippen LogP contribution in [0.25, 0.3) is 11.7 Å². The number of pyridine rings is 1. The van der Waals surface area contributed by atoms with Crippen LogP contribution in [-0.2, 0) is 17.6 Å². The van der Waals surface area contributed by atoms with E-state index in [2.05, 4.69) is 31.2 Å². The van der Waals surface area contributed by atoms with Gasteiger partial charge in [0.2, 0.25) is 0 Å². The molecule has 0 fully saturated rings. The molecule has 1 N–H and O–H groups in total. The number of hydrogen-bond donors (Lipinski definition) is 1. The number of aryl methyl sites for hydroxylation is 2. The van der Waals surface area contributed by atoms with Crippen molar-refractivity contribution < 1.29 is 9.90 Å². The minimum Gasteiger partial charge on any atom is -0.478 e. The van der Waals surface area contributed by atoms with Crippen molar-refractivity contribution in [3.8, 4) is 0 Å². The van der Waals surface area contributed by atoms with Crippen LogP contribution in [0.3, 0.4) is 0 Å². The molecule has 0 aliphatic heterocycles. The quantitative estimate of drug-likeness (QED) is 0.726. The van der Waals surface area contributed by atoms with Gasteiger partial charge in [-0.3, -0.25) is 4.40 Å². The molecule has 0 unspecified atom stereocenters. The zero-order valence-corrected chi connectivity index (χ0v) is 13.9. The van der Waals surface area contributed by atoms with Crippen LogP contribution in [0.15, 0.2) is 48.5 Å². The minimum atomic E-state index is -0.961. The SMILES string of the molecule is CCc1ccc(Cc2nc3cccc(C)n3c2/C=C/C(=O)O)cc1. The summed E-state index contributed by atoms with van der Waals surface area (Å²) >= 11 is 0. The number of rotatable bonds is 5. The molecule has 24 heavy (non-hydrogen) atoms. The Morgan fingerprint density at radius 1 is 1.17 bits per heavy atom. The molecule has 2 heterocycles. The molecular formula is C20H20N2O2. The van der Waals surface area contributed by atoms with Gasteiger partial charge in [-0.05, 0) is 42.7 Å².